The van der Waals surface area contributed by atoms with Gasteiger partial charge in [-0.2, -0.15) is 0 Å². The molecule has 24 heavy (non-hydrogen) atoms. The number of rotatable bonds is 7. The lowest BCUT2D eigenvalue weighted by Gasteiger charge is -2.23. The first kappa shape index (κ1) is 18.6. The number of thiophene rings is 1. The van der Waals surface area contributed by atoms with Crippen molar-refractivity contribution in [3.63, 3.8) is 0 Å². The van der Waals surface area contributed by atoms with Crippen LogP contribution in [-0.2, 0) is 13.0 Å². The molecule has 0 bridgehead atoms. The molecule has 0 aliphatic heterocycles. The van der Waals surface area contributed by atoms with Gasteiger partial charge in [0.05, 0.1) is 10.9 Å². The molecule has 2 amide bonds. The molecule has 1 atom stereocenters. The summed E-state index contributed by atoms with van der Waals surface area (Å²) >= 11 is 7.44. The first-order valence-electron chi connectivity index (χ1n) is 8.05. The number of carbonyl (C=O) groups is 1. The van der Waals surface area contributed by atoms with Crippen molar-refractivity contribution >= 4 is 29.0 Å². The highest BCUT2D eigenvalue weighted by Crippen LogP contribution is 2.22. The van der Waals surface area contributed by atoms with Crippen molar-refractivity contribution in [2.45, 2.75) is 39.3 Å². The summed E-state index contributed by atoms with van der Waals surface area (Å²) in [5.74, 6) is 0.271. The average Bonchev–Trinajstić information content (AvgIpc) is 2.97. The smallest absolute Gasteiger partial charge is 0.317 e. The van der Waals surface area contributed by atoms with Crippen LogP contribution in [-0.4, -0.2) is 28.6 Å². The second-order valence-corrected chi connectivity index (χ2v) is 7.58. The Morgan fingerprint density at radius 1 is 1.29 bits per heavy atom. The van der Waals surface area contributed by atoms with Gasteiger partial charge in [-0.15, -0.1) is 11.3 Å². The molecule has 1 aromatic heterocycles. The van der Waals surface area contributed by atoms with E-state index in [4.69, 9.17) is 11.6 Å². The SMILES string of the molecule is CCN(Cc1ccc(Cl)s1)C(=O)NC(C)CCc1ccc(O)cc1. The Bertz CT molecular complexity index is 657. The van der Waals surface area contributed by atoms with E-state index >= 15 is 0 Å². The van der Waals surface area contributed by atoms with Crippen molar-refractivity contribution in [2.24, 2.45) is 0 Å². The Labute approximate surface area is 152 Å². The number of hydrogen-bond acceptors (Lipinski definition) is 3. The van der Waals surface area contributed by atoms with Gasteiger partial charge in [0.15, 0.2) is 0 Å². The van der Waals surface area contributed by atoms with E-state index in [1.807, 2.05) is 38.1 Å². The lowest BCUT2D eigenvalue weighted by Crippen LogP contribution is -2.43. The van der Waals surface area contributed by atoms with Gasteiger partial charge in [0.1, 0.15) is 5.75 Å². The van der Waals surface area contributed by atoms with Crippen LogP contribution in [0.25, 0.3) is 0 Å². The minimum atomic E-state index is -0.0553. The van der Waals surface area contributed by atoms with Crippen LogP contribution in [0.2, 0.25) is 4.34 Å². The number of amides is 2. The number of nitrogens with one attached hydrogen (secondary N) is 1. The highest BCUT2D eigenvalue weighted by Gasteiger charge is 2.15. The van der Waals surface area contributed by atoms with Crippen molar-refractivity contribution < 1.29 is 9.90 Å². The minimum absolute atomic E-state index is 0.0553. The number of halogens is 1. The van der Waals surface area contributed by atoms with E-state index in [2.05, 4.69) is 5.32 Å². The van der Waals surface area contributed by atoms with Gasteiger partial charge in [0.2, 0.25) is 0 Å². The monoisotopic (exact) mass is 366 g/mol. The van der Waals surface area contributed by atoms with Gasteiger partial charge in [-0.05, 0) is 56.5 Å². The lowest BCUT2D eigenvalue weighted by atomic mass is 10.1. The Hall–Kier alpha value is -1.72. The second kappa shape index (κ2) is 8.94. The number of nitrogens with zero attached hydrogens (tertiary/aromatic N) is 1. The highest BCUT2D eigenvalue weighted by atomic mass is 35.5. The number of phenols is 1. The first-order chi connectivity index (χ1) is 11.5. The normalized spacial score (nSPS) is 12.0. The van der Waals surface area contributed by atoms with E-state index in [9.17, 15) is 9.90 Å². The topological polar surface area (TPSA) is 52.6 Å². The van der Waals surface area contributed by atoms with Crippen molar-refractivity contribution in [3.05, 3.63) is 51.2 Å². The summed E-state index contributed by atoms with van der Waals surface area (Å²) in [4.78, 5) is 15.3. The molecule has 0 aliphatic carbocycles. The Morgan fingerprint density at radius 2 is 2.00 bits per heavy atom. The van der Waals surface area contributed by atoms with Gasteiger partial charge in [0, 0.05) is 17.5 Å². The summed E-state index contributed by atoms with van der Waals surface area (Å²) in [5.41, 5.74) is 1.15. The van der Waals surface area contributed by atoms with Crippen molar-refractivity contribution in [1.29, 1.82) is 0 Å². The zero-order valence-corrected chi connectivity index (χ0v) is 15.5. The lowest BCUT2D eigenvalue weighted by molar-refractivity contribution is 0.194. The van der Waals surface area contributed by atoms with Gasteiger partial charge in [-0.1, -0.05) is 23.7 Å². The summed E-state index contributed by atoms with van der Waals surface area (Å²) in [7, 11) is 0. The third kappa shape index (κ3) is 5.73. The van der Waals surface area contributed by atoms with E-state index < -0.39 is 0 Å². The fourth-order valence-electron chi connectivity index (χ4n) is 2.37. The maximum absolute atomic E-state index is 12.4. The minimum Gasteiger partial charge on any atom is -0.508 e. The van der Waals surface area contributed by atoms with Crippen molar-refractivity contribution in [1.82, 2.24) is 10.2 Å². The number of aromatic hydroxyl groups is 1. The Morgan fingerprint density at radius 3 is 2.58 bits per heavy atom. The largest absolute Gasteiger partial charge is 0.508 e. The van der Waals surface area contributed by atoms with Crippen LogP contribution in [0.3, 0.4) is 0 Å². The quantitative estimate of drug-likeness (QED) is 0.748. The fourth-order valence-corrected chi connectivity index (χ4v) is 3.48. The van der Waals surface area contributed by atoms with Crippen LogP contribution in [0.1, 0.15) is 30.7 Å². The Kier molecular flexibility index (Phi) is 6.94. The summed E-state index contributed by atoms with van der Waals surface area (Å²) in [6.07, 6.45) is 1.70. The third-order valence-corrected chi connectivity index (χ3v) is 5.03. The third-order valence-electron chi connectivity index (χ3n) is 3.82. The molecule has 0 aliphatic rings. The number of phenolic OH excluding ortho intramolecular Hbond substituents is 1. The van der Waals surface area contributed by atoms with E-state index in [1.54, 1.807) is 17.0 Å². The molecule has 1 heterocycles. The molecule has 0 fully saturated rings. The molecule has 1 aromatic carbocycles. The molecule has 130 valence electrons. The molecule has 2 rings (SSSR count). The molecule has 4 nitrogen and oxygen atoms in total. The van der Waals surface area contributed by atoms with E-state index in [1.165, 1.54) is 11.3 Å². The predicted octanol–water partition coefficient (Wildman–Crippen LogP) is 4.66. The first-order valence-corrected chi connectivity index (χ1v) is 9.25. The molecular formula is C18H23ClN2O2S. The molecule has 6 heteroatoms. The fraction of sp³-hybridized carbons (Fsp3) is 0.389. The maximum Gasteiger partial charge on any atom is 0.317 e. The molecule has 2 N–H and O–H groups in total. The van der Waals surface area contributed by atoms with Gasteiger partial charge >= 0.3 is 6.03 Å². The van der Waals surface area contributed by atoms with E-state index in [-0.39, 0.29) is 17.8 Å². The number of hydrogen-bond donors (Lipinski definition) is 2. The van der Waals surface area contributed by atoms with Gasteiger partial charge in [0.25, 0.3) is 0 Å². The maximum atomic E-state index is 12.4. The summed E-state index contributed by atoms with van der Waals surface area (Å²) in [5, 5.41) is 12.3. The van der Waals surface area contributed by atoms with E-state index in [0.29, 0.717) is 13.1 Å². The van der Waals surface area contributed by atoms with Crippen LogP contribution < -0.4 is 5.32 Å². The zero-order chi connectivity index (χ0) is 17.5. The number of benzene rings is 1. The summed E-state index contributed by atoms with van der Waals surface area (Å²) in [6.45, 7) is 5.19. The predicted molar refractivity (Wildman–Crippen MR) is 99.8 cm³/mol. The van der Waals surface area contributed by atoms with Crippen molar-refractivity contribution in [2.75, 3.05) is 6.54 Å². The summed E-state index contributed by atoms with van der Waals surface area (Å²) < 4.78 is 0.740. The highest BCUT2D eigenvalue weighted by molar-refractivity contribution is 7.16. The standard InChI is InChI=1S/C18H23ClN2O2S/c1-3-21(12-16-10-11-17(19)24-16)18(23)20-13(2)4-5-14-6-8-15(22)9-7-14/h6-11,13,22H,3-5,12H2,1-2H3,(H,20,23). The van der Waals surface area contributed by atoms with E-state index in [0.717, 1.165) is 27.6 Å². The van der Waals surface area contributed by atoms with Crippen LogP contribution >= 0.6 is 22.9 Å². The molecule has 0 saturated carbocycles. The van der Waals surface area contributed by atoms with Crippen LogP contribution in [0.15, 0.2) is 36.4 Å². The van der Waals surface area contributed by atoms with Gasteiger partial charge in [-0.25, -0.2) is 4.79 Å². The number of carbonyl (C=O) groups excluding carboxylic acids is 1. The van der Waals surface area contributed by atoms with Crippen LogP contribution in [0, 0.1) is 0 Å². The van der Waals surface area contributed by atoms with Crippen molar-refractivity contribution in [3.8, 4) is 5.75 Å². The molecule has 0 saturated heterocycles. The molecule has 0 spiro atoms. The second-order valence-electron chi connectivity index (χ2n) is 5.78. The zero-order valence-electron chi connectivity index (χ0n) is 14.0. The molecule has 2 aromatic rings. The molecular weight excluding hydrogens is 344 g/mol. The molecule has 1 unspecified atom stereocenters. The van der Waals surface area contributed by atoms with Gasteiger partial charge in [-0.3, -0.25) is 0 Å². The van der Waals surface area contributed by atoms with Gasteiger partial charge < -0.3 is 15.3 Å². The summed E-state index contributed by atoms with van der Waals surface area (Å²) in [6, 6.07) is 11.0. The molecule has 0 radical (unpaired) electrons. The number of aryl methyl sites for hydroxylation is 1. The number of urea groups is 1. The Balaban J connectivity index is 1.81. The van der Waals surface area contributed by atoms with Crippen LogP contribution in [0.4, 0.5) is 4.79 Å². The average molecular weight is 367 g/mol. The van der Waals surface area contributed by atoms with Crippen LogP contribution in [0.5, 0.6) is 5.75 Å².